The van der Waals surface area contributed by atoms with Gasteiger partial charge in [0.2, 0.25) is 0 Å². The zero-order valence-corrected chi connectivity index (χ0v) is 9.03. The predicted molar refractivity (Wildman–Crippen MR) is 62.2 cm³/mol. The molecular weight excluding hydrogens is 202 g/mol. The van der Waals surface area contributed by atoms with Crippen LogP contribution in [0.2, 0.25) is 0 Å². The first-order valence-corrected chi connectivity index (χ1v) is 5.62. The fourth-order valence-electron chi connectivity index (χ4n) is 2.36. The van der Waals surface area contributed by atoms with Crippen LogP contribution in [0.1, 0.15) is 12.1 Å². The summed E-state index contributed by atoms with van der Waals surface area (Å²) in [5, 5.41) is 21.9. The molecule has 84 valence electrons. The maximum Gasteiger partial charge on any atom is 0.0923 e. The summed E-state index contributed by atoms with van der Waals surface area (Å²) in [6.45, 7) is 1.56. The number of β-amino-alcohol motifs (C(OH)–C–C–N with tert-alkyl or cyclic N) is 1. The third kappa shape index (κ3) is 1.60. The summed E-state index contributed by atoms with van der Waals surface area (Å²) in [6.07, 6.45) is 1.45. The van der Waals surface area contributed by atoms with E-state index in [0.717, 1.165) is 29.6 Å². The van der Waals surface area contributed by atoms with E-state index in [9.17, 15) is 5.11 Å². The van der Waals surface area contributed by atoms with Crippen molar-refractivity contribution in [1.82, 2.24) is 15.5 Å². The van der Waals surface area contributed by atoms with Crippen molar-refractivity contribution in [2.45, 2.75) is 18.4 Å². The molecule has 16 heavy (non-hydrogen) atoms. The molecule has 0 saturated carbocycles. The average Bonchev–Trinajstić information content (AvgIpc) is 2.87. The van der Waals surface area contributed by atoms with Crippen LogP contribution in [-0.4, -0.2) is 34.0 Å². The van der Waals surface area contributed by atoms with Gasteiger partial charge in [0.1, 0.15) is 0 Å². The molecule has 1 aliphatic heterocycles. The summed E-state index contributed by atoms with van der Waals surface area (Å²) >= 11 is 0. The summed E-state index contributed by atoms with van der Waals surface area (Å²) in [6, 6.07) is 7.99. The van der Waals surface area contributed by atoms with Gasteiger partial charge in [0.15, 0.2) is 0 Å². The van der Waals surface area contributed by atoms with E-state index in [2.05, 4.69) is 15.5 Å². The number of rotatable bonds is 2. The van der Waals surface area contributed by atoms with E-state index >= 15 is 0 Å². The number of hydrogen-bond acceptors (Lipinski definition) is 3. The molecular formula is C12H15N3O. The van der Waals surface area contributed by atoms with Gasteiger partial charge in [0, 0.05) is 24.0 Å². The molecule has 0 spiro atoms. The van der Waals surface area contributed by atoms with E-state index in [1.165, 1.54) is 0 Å². The normalized spacial score (nSPS) is 25.3. The standard InChI is InChI=1S/C12H15N3O/c16-12(5-6-13-8-12)7-11-9-3-1-2-4-10(9)14-15-11/h1-4,13,16H,5-8H2,(H,14,15). The number of aromatic amines is 1. The SMILES string of the molecule is OC1(Cc2[nH]nc3ccccc23)CCNC1. The number of H-pyrrole nitrogens is 1. The lowest BCUT2D eigenvalue weighted by Crippen LogP contribution is -2.33. The topological polar surface area (TPSA) is 60.9 Å². The lowest BCUT2D eigenvalue weighted by atomic mass is 9.95. The van der Waals surface area contributed by atoms with Crippen LogP contribution in [-0.2, 0) is 6.42 Å². The van der Waals surface area contributed by atoms with Gasteiger partial charge in [0.05, 0.1) is 11.1 Å². The van der Waals surface area contributed by atoms with Crippen LogP contribution in [0.4, 0.5) is 0 Å². The predicted octanol–water partition coefficient (Wildman–Crippen LogP) is 0.830. The van der Waals surface area contributed by atoms with Gasteiger partial charge in [-0.05, 0) is 19.0 Å². The highest BCUT2D eigenvalue weighted by atomic mass is 16.3. The lowest BCUT2D eigenvalue weighted by molar-refractivity contribution is 0.0612. The van der Waals surface area contributed by atoms with Gasteiger partial charge in [-0.15, -0.1) is 0 Å². The quantitative estimate of drug-likeness (QED) is 0.698. The van der Waals surface area contributed by atoms with Crippen molar-refractivity contribution in [3.63, 3.8) is 0 Å². The van der Waals surface area contributed by atoms with Crippen molar-refractivity contribution in [3.05, 3.63) is 30.0 Å². The van der Waals surface area contributed by atoms with Crippen LogP contribution < -0.4 is 5.32 Å². The number of fused-ring (bicyclic) bond motifs is 1. The summed E-state index contributed by atoms with van der Waals surface area (Å²) < 4.78 is 0. The molecule has 0 amide bonds. The van der Waals surface area contributed by atoms with Gasteiger partial charge in [0.25, 0.3) is 0 Å². The smallest absolute Gasteiger partial charge is 0.0923 e. The number of aliphatic hydroxyl groups is 1. The summed E-state index contributed by atoms with van der Waals surface area (Å²) in [5.41, 5.74) is 1.38. The average molecular weight is 217 g/mol. The van der Waals surface area contributed by atoms with Crippen LogP contribution in [0, 0.1) is 0 Å². The van der Waals surface area contributed by atoms with Crippen LogP contribution in [0.25, 0.3) is 10.9 Å². The lowest BCUT2D eigenvalue weighted by Gasteiger charge is -2.20. The molecule has 0 aliphatic carbocycles. The van der Waals surface area contributed by atoms with Gasteiger partial charge >= 0.3 is 0 Å². The minimum Gasteiger partial charge on any atom is -0.388 e. The molecule has 4 nitrogen and oxygen atoms in total. The van der Waals surface area contributed by atoms with Gasteiger partial charge in [-0.2, -0.15) is 5.10 Å². The molecule has 1 aliphatic rings. The molecule has 1 unspecified atom stereocenters. The van der Waals surface area contributed by atoms with Crippen LogP contribution >= 0.6 is 0 Å². The van der Waals surface area contributed by atoms with Crippen molar-refractivity contribution >= 4 is 10.9 Å². The van der Waals surface area contributed by atoms with Crippen LogP contribution in [0.15, 0.2) is 24.3 Å². The second kappa shape index (κ2) is 3.57. The molecule has 1 fully saturated rings. The van der Waals surface area contributed by atoms with Gasteiger partial charge < -0.3 is 10.4 Å². The maximum absolute atomic E-state index is 10.3. The Morgan fingerprint density at radius 3 is 3.06 bits per heavy atom. The fraction of sp³-hybridized carbons (Fsp3) is 0.417. The Kier molecular flexibility index (Phi) is 2.19. The molecule has 1 aromatic heterocycles. The Labute approximate surface area is 93.7 Å². The minimum absolute atomic E-state index is 0.616. The Morgan fingerprint density at radius 1 is 1.38 bits per heavy atom. The first-order chi connectivity index (χ1) is 7.77. The van der Waals surface area contributed by atoms with Crippen molar-refractivity contribution in [3.8, 4) is 0 Å². The molecule has 0 bridgehead atoms. The summed E-state index contributed by atoms with van der Waals surface area (Å²) in [4.78, 5) is 0. The molecule has 1 saturated heterocycles. The molecule has 3 rings (SSSR count). The van der Waals surface area contributed by atoms with Crippen molar-refractivity contribution in [2.75, 3.05) is 13.1 Å². The monoisotopic (exact) mass is 217 g/mol. The Hall–Kier alpha value is -1.39. The van der Waals surface area contributed by atoms with Crippen molar-refractivity contribution in [2.24, 2.45) is 0 Å². The second-order valence-electron chi connectivity index (χ2n) is 4.55. The van der Waals surface area contributed by atoms with Crippen molar-refractivity contribution in [1.29, 1.82) is 0 Å². The van der Waals surface area contributed by atoms with E-state index in [1.54, 1.807) is 0 Å². The third-order valence-electron chi connectivity index (χ3n) is 3.27. The fourth-order valence-corrected chi connectivity index (χ4v) is 2.36. The molecule has 0 radical (unpaired) electrons. The number of aromatic nitrogens is 2. The molecule has 4 heteroatoms. The Bertz CT molecular complexity index is 500. The highest BCUT2D eigenvalue weighted by Crippen LogP contribution is 2.23. The third-order valence-corrected chi connectivity index (χ3v) is 3.27. The summed E-state index contributed by atoms with van der Waals surface area (Å²) in [5.74, 6) is 0. The second-order valence-corrected chi connectivity index (χ2v) is 4.55. The Morgan fingerprint density at radius 2 is 2.25 bits per heavy atom. The molecule has 2 heterocycles. The van der Waals surface area contributed by atoms with E-state index in [-0.39, 0.29) is 0 Å². The highest BCUT2D eigenvalue weighted by Gasteiger charge is 2.32. The van der Waals surface area contributed by atoms with E-state index in [0.29, 0.717) is 13.0 Å². The number of para-hydroxylation sites is 1. The first-order valence-electron chi connectivity index (χ1n) is 5.62. The molecule has 1 atom stereocenters. The van der Waals surface area contributed by atoms with Crippen molar-refractivity contribution < 1.29 is 5.11 Å². The van der Waals surface area contributed by atoms with Crippen LogP contribution in [0.3, 0.4) is 0 Å². The van der Waals surface area contributed by atoms with Gasteiger partial charge in [-0.3, -0.25) is 5.10 Å². The zero-order chi connectivity index (χ0) is 11.0. The van der Waals surface area contributed by atoms with E-state index < -0.39 is 5.60 Å². The molecule has 1 aromatic carbocycles. The van der Waals surface area contributed by atoms with E-state index in [1.807, 2.05) is 24.3 Å². The highest BCUT2D eigenvalue weighted by molar-refractivity contribution is 5.81. The zero-order valence-electron chi connectivity index (χ0n) is 9.03. The Balaban J connectivity index is 1.94. The summed E-state index contributed by atoms with van der Waals surface area (Å²) in [7, 11) is 0. The number of nitrogens with zero attached hydrogens (tertiary/aromatic N) is 1. The first kappa shape index (κ1) is 9.81. The maximum atomic E-state index is 10.3. The number of nitrogens with one attached hydrogen (secondary N) is 2. The molecule has 3 N–H and O–H groups in total. The molecule has 2 aromatic rings. The van der Waals surface area contributed by atoms with Gasteiger partial charge in [-0.1, -0.05) is 18.2 Å². The largest absolute Gasteiger partial charge is 0.388 e. The minimum atomic E-state index is -0.616. The van der Waals surface area contributed by atoms with Gasteiger partial charge in [-0.25, -0.2) is 0 Å². The van der Waals surface area contributed by atoms with Crippen LogP contribution in [0.5, 0.6) is 0 Å². The number of benzene rings is 1. The number of hydrogen-bond donors (Lipinski definition) is 3. The van der Waals surface area contributed by atoms with E-state index in [4.69, 9.17) is 0 Å².